The summed E-state index contributed by atoms with van der Waals surface area (Å²) in [5, 5.41) is 0. The Kier molecular flexibility index (Phi) is 6.24. The van der Waals surface area contributed by atoms with Gasteiger partial charge in [0.2, 0.25) is 0 Å². The maximum absolute atomic E-state index is 12.3. The molecule has 1 rings (SSSR count). The van der Waals surface area contributed by atoms with E-state index in [1.165, 1.54) is 15.6 Å². The molecule has 0 saturated carbocycles. The van der Waals surface area contributed by atoms with Crippen LogP contribution in [-0.4, -0.2) is 39.0 Å². The van der Waals surface area contributed by atoms with Crippen LogP contribution in [0.25, 0.3) is 0 Å². The van der Waals surface area contributed by atoms with Crippen LogP contribution in [0.15, 0.2) is 16.3 Å². The smallest absolute Gasteiger partial charge is 0.252 e. The van der Waals surface area contributed by atoms with Gasteiger partial charge in [0.1, 0.15) is 4.21 Å². The van der Waals surface area contributed by atoms with Crippen LogP contribution in [0.3, 0.4) is 0 Å². The van der Waals surface area contributed by atoms with Gasteiger partial charge in [-0.2, -0.15) is 4.31 Å². The van der Waals surface area contributed by atoms with E-state index in [4.69, 9.17) is 10.5 Å². The van der Waals surface area contributed by atoms with Crippen molar-refractivity contribution in [2.45, 2.75) is 24.6 Å². The van der Waals surface area contributed by atoms with Gasteiger partial charge in [-0.15, -0.1) is 11.3 Å². The lowest BCUT2D eigenvalue weighted by atomic mass is 10.5. The van der Waals surface area contributed by atoms with Crippen molar-refractivity contribution in [1.29, 1.82) is 0 Å². The lowest BCUT2D eigenvalue weighted by Crippen LogP contribution is -2.33. The zero-order chi connectivity index (χ0) is 13.6. The fraction of sp³-hybridized carbons (Fsp3) is 0.636. The van der Waals surface area contributed by atoms with Crippen molar-refractivity contribution < 1.29 is 13.2 Å². The van der Waals surface area contributed by atoms with Crippen LogP contribution in [0, 0.1) is 0 Å². The molecule has 0 bridgehead atoms. The third kappa shape index (κ3) is 3.76. The van der Waals surface area contributed by atoms with Crippen LogP contribution in [0.5, 0.6) is 0 Å². The molecule has 0 radical (unpaired) electrons. The van der Waals surface area contributed by atoms with Gasteiger partial charge in [0.25, 0.3) is 10.0 Å². The Morgan fingerprint density at radius 1 is 1.39 bits per heavy atom. The highest BCUT2D eigenvalue weighted by molar-refractivity contribution is 7.91. The Morgan fingerprint density at radius 2 is 2.11 bits per heavy atom. The topological polar surface area (TPSA) is 72.6 Å². The number of nitrogens with zero attached hydrogens (tertiary/aromatic N) is 1. The average molecular weight is 292 g/mol. The number of hydrogen-bond acceptors (Lipinski definition) is 5. The largest absolute Gasteiger partial charge is 0.380 e. The quantitative estimate of drug-likeness (QED) is 0.732. The number of ether oxygens (including phenoxy) is 1. The molecule has 104 valence electrons. The van der Waals surface area contributed by atoms with Gasteiger partial charge < -0.3 is 10.5 Å². The average Bonchev–Trinajstić information content (AvgIpc) is 2.83. The highest BCUT2D eigenvalue weighted by Gasteiger charge is 2.24. The molecule has 0 saturated heterocycles. The van der Waals surface area contributed by atoms with Crippen LogP contribution in [0.1, 0.15) is 18.7 Å². The molecule has 1 aromatic rings. The van der Waals surface area contributed by atoms with E-state index >= 15 is 0 Å². The molecular weight excluding hydrogens is 272 g/mol. The standard InChI is InChI=1S/C11H20N2O3S2/c1-3-13(7-8-16-4-2)18(14,15)11-6-5-10(9-12)17-11/h5-6H,3-4,7-9,12H2,1-2H3. The lowest BCUT2D eigenvalue weighted by Gasteiger charge is -2.19. The number of nitrogens with two attached hydrogens (primary N) is 1. The summed E-state index contributed by atoms with van der Waals surface area (Å²) >= 11 is 1.23. The highest BCUT2D eigenvalue weighted by Crippen LogP contribution is 2.24. The maximum Gasteiger partial charge on any atom is 0.252 e. The van der Waals surface area contributed by atoms with E-state index in [-0.39, 0.29) is 0 Å². The van der Waals surface area contributed by atoms with E-state index in [9.17, 15) is 8.42 Å². The maximum atomic E-state index is 12.3. The van der Waals surface area contributed by atoms with Crippen molar-refractivity contribution >= 4 is 21.4 Å². The summed E-state index contributed by atoms with van der Waals surface area (Å²) in [6.45, 7) is 5.89. The minimum Gasteiger partial charge on any atom is -0.380 e. The fourth-order valence-electron chi connectivity index (χ4n) is 1.49. The van der Waals surface area contributed by atoms with Crippen molar-refractivity contribution in [3.05, 3.63) is 17.0 Å². The number of likely N-dealkylation sites (N-methyl/N-ethyl adjacent to an activating group) is 1. The summed E-state index contributed by atoms with van der Waals surface area (Å²) in [5.41, 5.74) is 5.50. The summed E-state index contributed by atoms with van der Waals surface area (Å²) in [6, 6.07) is 3.37. The third-order valence-corrected chi connectivity index (χ3v) is 6.02. The van der Waals surface area contributed by atoms with Gasteiger partial charge in [0, 0.05) is 31.1 Å². The Balaban J connectivity index is 2.82. The van der Waals surface area contributed by atoms with E-state index in [0.717, 1.165) is 4.88 Å². The summed E-state index contributed by atoms with van der Waals surface area (Å²) in [4.78, 5) is 0.870. The van der Waals surface area contributed by atoms with E-state index < -0.39 is 10.0 Å². The Morgan fingerprint density at radius 3 is 2.61 bits per heavy atom. The van der Waals surface area contributed by atoms with Gasteiger partial charge in [-0.3, -0.25) is 0 Å². The van der Waals surface area contributed by atoms with Crippen molar-refractivity contribution in [1.82, 2.24) is 4.31 Å². The molecule has 0 aliphatic rings. The summed E-state index contributed by atoms with van der Waals surface area (Å²) in [5.74, 6) is 0. The zero-order valence-electron chi connectivity index (χ0n) is 10.8. The second kappa shape index (κ2) is 7.20. The Hall–Kier alpha value is -0.470. The van der Waals surface area contributed by atoms with Gasteiger partial charge in [-0.1, -0.05) is 6.92 Å². The predicted octanol–water partition coefficient (Wildman–Crippen LogP) is 1.25. The molecule has 2 N–H and O–H groups in total. The van der Waals surface area contributed by atoms with Crippen molar-refractivity contribution in [3.63, 3.8) is 0 Å². The summed E-state index contributed by atoms with van der Waals surface area (Å²) in [6.07, 6.45) is 0. The normalized spacial score (nSPS) is 12.2. The van der Waals surface area contributed by atoms with Crippen molar-refractivity contribution in [2.75, 3.05) is 26.3 Å². The van der Waals surface area contributed by atoms with Crippen molar-refractivity contribution in [2.24, 2.45) is 5.73 Å². The molecule has 0 aliphatic heterocycles. The Bertz CT molecular complexity index is 457. The van der Waals surface area contributed by atoms with Crippen LogP contribution in [-0.2, 0) is 21.3 Å². The predicted molar refractivity (Wildman–Crippen MR) is 73.1 cm³/mol. The molecule has 5 nitrogen and oxygen atoms in total. The molecule has 0 aliphatic carbocycles. The third-order valence-electron chi connectivity index (χ3n) is 2.47. The lowest BCUT2D eigenvalue weighted by molar-refractivity contribution is 0.135. The van der Waals surface area contributed by atoms with Crippen LogP contribution in [0.4, 0.5) is 0 Å². The fourth-order valence-corrected chi connectivity index (χ4v) is 4.31. The molecule has 0 fully saturated rings. The van der Waals surface area contributed by atoms with E-state index in [1.54, 1.807) is 12.1 Å². The van der Waals surface area contributed by atoms with Gasteiger partial charge >= 0.3 is 0 Å². The number of sulfonamides is 1. The zero-order valence-corrected chi connectivity index (χ0v) is 12.4. The second-order valence-electron chi connectivity index (χ2n) is 3.62. The molecule has 0 aromatic carbocycles. The first-order valence-electron chi connectivity index (χ1n) is 5.92. The van der Waals surface area contributed by atoms with Crippen LogP contribution >= 0.6 is 11.3 Å². The number of rotatable bonds is 8. The first-order chi connectivity index (χ1) is 8.56. The van der Waals surface area contributed by atoms with Gasteiger partial charge in [-0.25, -0.2) is 8.42 Å². The Labute approximate surface area is 113 Å². The summed E-state index contributed by atoms with van der Waals surface area (Å²) < 4.78 is 31.6. The summed E-state index contributed by atoms with van der Waals surface area (Å²) in [7, 11) is -3.40. The minimum absolute atomic E-state index is 0.348. The van der Waals surface area contributed by atoms with Crippen molar-refractivity contribution in [3.8, 4) is 0 Å². The molecule has 0 spiro atoms. The first kappa shape index (κ1) is 15.6. The molecule has 18 heavy (non-hydrogen) atoms. The van der Waals surface area contributed by atoms with Gasteiger partial charge in [0.15, 0.2) is 0 Å². The van der Waals surface area contributed by atoms with Crippen LogP contribution < -0.4 is 5.73 Å². The molecule has 0 amide bonds. The number of hydrogen-bond donors (Lipinski definition) is 1. The molecule has 1 aromatic heterocycles. The SMILES string of the molecule is CCOCCN(CC)S(=O)(=O)c1ccc(CN)s1. The van der Waals surface area contributed by atoms with Gasteiger partial charge in [0.05, 0.1) is 6.61 Å². The molecule has 7 heteroatoms. The van der Waals surface area contributed by atoms with E-state index in [2.05, 4.69) is 0 Å². The molecule has 0 unspecified atom stereocenters. The van der Waals surface area contributed by atoms with E-state index in [1.807, 2.05) is 13.8 Å². The molecule has 0 atom stereocenters. The minimum atomic E-state index is -3.40. The number of thiophene rings is 1. The highest BCUT2D eigenvalue weighted by atomic mass is 32.2. The monoisotopic (exact) mass is 292 g/mol. The van der Waals surface area contributed by atoms with Gasteiger partial charge in [-0.05, 0) is 19.1 Å². The van der Waals surface area contributed by atoms with Crippen LogP contribution in [0.2, 0.25) is 0 Å². The second-order valence-corrected chi connectivity index (χ2v) is 6.95. The molecule has 1 heterocycles. The molecular formula is C11H20N2O3S2. The van der Waals surface area contributed by atoms with E-state index in [0.29, 0.717) is 37.1 Å². The first-order valence-corrected chi connectivity index (χ1v) is 8.18.